The number of carbonyl (C=O) groups excluding carboxylic acids is 1. The fourth-order valence-corrected chi connectivity index (χ4v) is 1.96. The lowest BCUT2D eigenvalue weighted by Gasteiger charge is -2.27. The molecule has 21 heavy (non-hydrogen) atoms. The molecule has 0 fully saturated rings. The van der Waals surface area contributed by atoms with E-state index >= 15 is 0 Å². The third-order valence-electron chi connectivity index (χ3n) is 3.03. The van der Waals surface area contributed by atoms with Crippen molar-refractivity contribution in [1.29, 1.82) is 0 Å². The summed E-state index contributed by atoms with van der Waals surface area (Å²) < 4.78 is 10.7. The van der Waals surface area contributed by atoms with E-state index in [0.29, 0.717) is 12.5 Å². The molecule has 1 aromatic rings. The van der Waals surface area contributed by atoms with Crippen molar-refractivity contribution in [2.45, 2.75) is 46.3 Å². The molecule has 0 aromatic carbocycles. The Morgan fingerprint density at radius 2 is 2.10 bits per heavy atom. The van der Waals surface area contributed by atoms with Crippen molar-refractivity contribution in [2.24, 2.45) is 5.92 Å². The number of furan rings is 1. The van der Waals surface area contributed by atoms with Gasteiger partial charge in [-0.05, 0) is 45.7 Å². The third kappa shape index (κ3) is 6.67. The number of amides is 1. The SMILES string of the molecule is CC(CNC(C)c1ccco1)CN(C)C(=O)OC(C)(C)C. The van der Waals surface area contributed by atoms with Gasteiger partial charge in [0, 0.05) is 20.1 Å². The monoisotopic (exact) mass is 296 g/mol. The van der Waals surface area contributed by atoms with Gasteiger partial charge in [-0.3, -0.25) is 0 Å². The predicted molar refractivity (Wildman–Crippen MR) is 83.2 cm³/mol. The Morgan fingerprint density at radius 1 is 1.43 bits per heavy atom. The lowest BCUT2D eigenvalue weighted by Crippen LogP contribution is -2.38. The molecule has 5 heteroatoms. The molecule has 1 N–H and O–H groups in total. The van der Waals surface area contributed by atoms with Crippen molar-refractivity contribution >= 4 is 6.09 Å². The molecule has 120 valence electrons. The Kier molecular flexibility index (Phi) is 6.27. The largest absolute Gasteiger partial charge is 0.468 e. The van der Waals surface area contributed by atoms with Crippen LogP contribution in [0.3, 0.4) is 0 Å². The fourth-order valence-electron chi connectivity index (χ4n) is 1.96. The Balaban J connectivity index is 2.32. The minimum atomic E-state index is -0.458. The summed E-state index contributed by atoms with van der Waals surface area (Å²) in [7, 11) is 1.76. The van der Waals surface area contributed by atoms with E-state index in [1.807, 2.05) is 32.9 Å². The number of hydrogen-bond donors (Lipinski definition) is 1. The van der Waals surface area contributed by atoms with Crippen LogP contribution in [0.1, 0.15) is 46.4 Å². The fraction of sp³-hybridized carbons (Fsp3) is 0.688. The van der Waals surface area contributed by atoms with E-state index in [-0.39, 0.29) is 12.1 Å². The molecule has 1 rings (SSSR count). The normalized spacial score (nSPS) is 14.6. The molecule has 1 heterocycles. The maximum absolute atomic E-state index is 11.9. The van der Waals surface area contributed by atoms with Crippen LogP contribution in [0.25, 0.3) is 0 Å². The minimum Gasteiger partial charge on any atom is -0.468 e. The molecule has 5 nitrogen and oxygen atoms in total. The van der Waals surface area contributed by atoms with Gasteiger partial charge in [-0.1, -0.05) is 6.92 Å². The van der Waals surface area contributed by atoms with Gasteiger partial charge in [0.05, 0.1) is 12.3 Å². The number of ether oxygens (including phenoxy) is 1. The minimum absolute atomic E-state index is 0.161. The predicted octanol–water partition coefficient (Wildman–Crippen LogP) is 3.43. The summed E-state index contributed by atoms with van der Waals surface area (Å²) in [6, 6.07) is 4.00. The number of hydrogen-bond acceptors (Lipinski definition) is 4. The summed E-state index contributed by atoms with van der Waals surface area (Å²) in [5, 5.41) is 3.40. The third-order valence-corrected chi connectivity index (χ3v) is 3.03. The molecule has 0 aliphatic rings. The summed E-state index contributed by atoms with van der Waals surface area (Å²) in [6.45, 7) is 11.2. The van der Waals surface area contributed by atoms with E-state index in [9.17, 15) is 4.79 Å². The summed E-state index contributed by atoms with van der Waals surface area (Å²) in [6.07, 6.45) is 1.39. The number of rotatable bonds is 6. The van der Waals surface area contributed by atoms with Crippen LogP contribution in [0.4, 0.5) is 4.79 Å². The van der Waals surface area contributed by atoms with Crippen LogP contribution < -0.4 is 5.32 Å². The topological polar surface area (TPSA) is 54.7 Å². The van der Waals surface area contributed by atoms with E-state index < -0.39 is 5.60 Å². The van der Waals surface area contributed by atoms with Crippen molar-refractivity contribution in [3.63, 3.8) is 0 Å². The van der Waals surface area contributed by atoms with E-state index in [1.165, 1.54) is 0 Å². The average Bonchev–Trinajstić information content (AvgIpc) is 2.87. The van der Waals surface area contributed by atoms with Crippen LogP contribution >= 0.6 is 0 Å². The zero-order chi connectivity index (χ0) is 16.0. The van der Waals surface area contributed by atoms with Gasteiger partial charge in [0.25, 0.3) is 0 Å². The second kappa shape index (κ2) is 7.50. The molecular formula is C16H28N2O3. The van der Waals surface area contributed by atoms with Gasteiger partial charge in [0.2, 0.25) is 0 Å². The maximum atomic E-state index is 11.9. The molecule has 1 aromatic heterocycles. The van der Waals surface area contributed by atoms with E-state index in [0.717, 1.165) is 12.3 Å². The van der Waals surface area contributed by atoms with Gasteiger partial charge >= 0.3 is 6.09 Å². The molecule has 2 unspecified atom stereocenters. The highest BCUT2D eigenvalue weighted by molar-refractivity contribution is 5.67. The molecule has 0 bridgehead atoms. The smallest absolute Gasteiger partial charge is 0.410 e. The van der Waals surface area contributed by atoms with E-state index in [2.05, 4.69) is 19.2 Å². The maximum Gasteiger partial charge on any atom is 0.410 e. The first kappa shape index (κ1) is 17.6. The average molecular weight is 296 g/mol. The summed E-state index contributed by atoms with van der Waals surface area (Å²) in [4.78, 5) is 13.5. The Labute approximate surface area is 127 Å². The van der Waals surface area contributed by atoms with Crippen molar-refractivity contribution in [3.05, 3.63) is 24.2 Å². The van der Waals surface area contributed by atoms with Gasteiger partial charge < -0.3 is 19.4 Å². The van der Waals surface area contributed by atoms with Crippen LogP contribution in [-0.2, 0) is 4.74 Å². The van der Waals surface area contributed by atoms with Gasteiger partial charge in [-0.2, -0.15) is 0 Å². The first-order valence-electron chi connectivity index (χ1n) is 7.40. The van der Waals surface area contributed by atoms with E-state index in [4.69, 9.17) is 9.15 Å². The van der Waals surface area contributed by atoms with Crippen LogP contribution in [-0.4, -0.2) is 36.7 Å². The van der Waals surface area contributed by atoms with Crippen LogP contribution in [0.2, 0.25) is 0 Å². The lowest BCUT2D eigenvalue weighted by molar-refractivity contribution is 0.0276. The van der Waals surface area contributed by atoms with Crippen molar-refractivity contribution < 1.29 is 13.9 Å². The molecule has 0 aliphatic heterocycles. The second-order valence-electron chi connectivity index (χ2n) is 6.61. The molecule has 0 saturated heterocycles. The number of nitrogens with one attached hydrogen (secondary N) is 1. The number of nitrogens with zero attached hydrogens (tertiary/aromatic N) is 1. The Morgan fingerprint density at radius 3 is 2.62 bits per heavy atom. The molecule has 1 amide bonds. The Bertz CT molecular complexity index is 423. The van der Waals surface area contributed by atoms with Crippen LogP contribution in [0, 0.1) is 5.92 Å². The van der Waals surface area contributed by atoms with Crippen molar-refractivity contribution in [1.82, 2.24) is 10.2 Å². The van der Waals surface area contributed by atoms with Crippen molar-refractivity contribution in [2.75, 3.05) is 20.1 Å². The lowest BCUT2D eigenvalue weighted by atomic mass is 10.1. The molecule has 0 saturated carbocycles. The highest BCUT2D eigenvalue weighted by atomic mass is 16.6. The quantitative estimate of drug-likeness (QED) is 0.873. The standard InChI is InChI=1S/C16H28N2O3/c1-12(10-17-13(2)14-8-7-9-20-14)11-18(6)15(19)21-16(3,4)5/h7-9,12-13,17H,10-11H2,1-6H3. The van der Waals surface area contributed by atoms with Crippen LogP contribution in [0.15, 0.2) is 22.8 Å². The summed E-state index contributed by atoms with van der Waals surface area (Å²) in [5.41, 5.74) is -0.458. The highest BCUT2D eigenvalue weighted by Crippen LogP contribution is 2.13. The zero-order valence-electron chi connectivity index (χ0n) is 14.0. The molecule has 0 spiro atoms. The first-order chi connectivity index (χ1) is 9.69. The Hall–Kier alpha value is -1.49. The van der Waals surface area contributed by atoms with Gasteiger partial charge in [0.1, 0.15) is 11.4 Å². The zero-order valence-corrected chi connectivity index (χ0v) is 14.0. The molecular weight excluding hydrogens is 268 g/mol. The van der Waals surface area contributed by atoms with Crippen molar-refractivity contribution in [3.8, 4) is 0 Å². The molecule has 0 radical (unpaired) electrons. The molecule has 2 atom stereocenters. The van der Waals surface area contributed by atoms with Gasteiger partial charge in [-0.25, -0.2) is 4.79 Å². The highest BCUT2D eigenvalue weighted by Gasteiger charge is 2.21. The van der Waals surface area contributed by atoms with Gasteiger partial charge in [-0.15, -0.1) is 0 Å². The van der Waals surface area contributed by atoms with E-state index in [1.54, 1.807) is 18.2 Å². The number of carbonyl (C=O) groups is 1. The second-order valence-corrected chi connectivity index (χ2v) is 6.61. The first-order valence-corrected chi connectivity index (χ1v) is 7.40. The van der Waals surface area contributed by atoms with Crippen LogP contribution in [0.5, 0.6) is 0 Å². The summed E-state index contributed by atoms with van der Waals surface area (Å²) in [5.74, 6) is 1.24. The van der Waals surface area contributed by atoms with Gasteiger partial charge in [0.15, 0.2) is 0 Å². The molecule has 0 aliphatic carbocycles. The summed E-state index contributed by atoms with van der Waals surface area (Å²) >= 11 is 0.